The molecular weight excluding hydrogens is 248 g/mol. The second-order valence-electron chi connectivity index (χ2n) is 4.36. The van der Waals surface area contributed by atoms with Gasteiger partial charge in [0.05, 0.1) is 5.56 Å². The third kappa shape index (κ3) is 3.07. The zero-order chi connectivity index (χ0) is 14.4. The second kappa shape index (κ2) is 6.58. The van der Waals surface area contributed by atoms with Crippen molar-refractivity contribution in [1.29, 1.82) is 5.26 Å². The lowest BCUT2D eigenvalue weighted by Gasteiger charge is -2.21. The first-order chi connectivity index (χ1) is 9.78. The maximum absolute atomic E-state index is 9.04. The Bertz CT molecular complexity index is 595. The molecular formula is C16H18N4. The Morgan fingerprint density at radius 3 is 2.45 bits per heavy atom. The van der Waals surface area contributed by atoms with E-state index < -0.39 is 0 Å². The normalized spacial score (nSPS) is 9.85. The molecule has 102 valence electrons. The fourth-order valence-electron chi connectivity index (χ4n) is 2.08. The van der Waals surface area contributed by atoms with Crippen LogP contribution in [0.5, 0.6) is 0 Å². The monoisotopic (exact) mass is 266 g/mol. The summed E-state index contributed by atoms with van der Waals surface area (Å²) in [4.78, 5) is 6.47. The molecule has 0 bridgehead atoms. The first kappa shape index (κ1) is 13.9. The molecule has 0 atom stereocenters. The molecule has 1 aromatic heterocycles. The lowest BCUT2D eigenvalue weighted by Crippen LogP contribution is -2.21. The van der Waals surface area contributed by atoms with E-state index in [-0.39, 0.29) is 0 Å². The van der Waals surface area contributed by atoms with Crippen LogP contribution in [0.4, 0.5) is 17.2 Å². The highest BCUT2D eigenvalue weighted by Crippen LogP contribution is 2.21. The standard InChI is InChI=1S/C16H18N4/c1-3-20(4-2)15-9-7-14(8-10-15)19-16-13(12-17)6-5-11-18-16/h5-11H,3-4H2,1-2H3,(H,18,19). The highest BCUT2D eigenvalue weighted by molar-refractivity contribution is 5.64. The molecule has 0 unspecified atom stereocenters. The summed E-state index contributed by atoms with van der Waals surface area (Å²) in [5.74, 6) is 0.589. The molecule has 4 heteroatoms. The molecule has 1 aromatic carbocycles. The average Bonchev–Trinajstić information content (AvgIpc) is 2.51. The maximum atomic E-state index is 9.04. The van der Waals surface area contributed by atoms with Crippen molar-refractivity contribution in [3.05, 3.63) is 48.2 Å². The Balaban J connectivity index is 2.17. The third-order valence-electron chi connectivity index (χ3n) is 3.19. The van der Waals surface area contributed by atoms with Crippen LogP contribution in [0, 0.1) is 11.3 Å². The number of nitriles is 1. The van der Waals surface area contributed by atoms with E-state index in [0.29, 0.717) is 11.4 Å². The highest BCUT2D eigenvalue weighted by Gasteiger charge is 2.04. The fraction of sp³-hybridized carbons (Fsp3) is 0.250. The predicted octanol–water partition coefficient (Wildman–Crippen LogP) is 3.54. The molecule has 0 saturated carbocycles. The molecule has 0 fully saturated rings. The predicted molar refractivity (Wildman–Crippen MR) is 82.2 cm³/mol. The fourth-order valence-corrected chi connectivity index (χ4v) is 2.08. The molecule has 0 spiro atoms. The lowest BCUT2D eigenvalue weighted by molar-refractivity contribution is 0.866. The minimum Gasteiger partial charge on any atom is -0.372 e. The summed E-state index contributed by atoms with van der Waals surface area (Å²) in [6.45, 7) is 6.26. The van der Waals surface area contributed by atoms with Gasteiger partial charge in [0.2, 0.25) is 0 Å². The second-order valence-corrected chi connectivity index (χ2v) is 4.36. The van der Waals surface area contributed by atoms with Crippen molar-refractivity contribution in [3.8, 4) is 6.07 Å². The van der Waals surface area contributed by atoms with Crippen molar-refractivity contribution >= 4 is 17.2 Å². The largest absolute Gasteiger partial charge is 0.372 e. The van der Waals surface area contributed by atoms with Crippen LogP contribution >= 0.6 is 0 Å². The van der Waals surface area contributed by atoms with Gasteiger partial charge in [0.25, 0.3) is 0 Å². The van der Waals surface area contributed by atoms with E-state index in [1.807, 2.05) is 12.1 Å². The van der Waals surface area contributed by atoms with Gasteiger partial charge in [0.15, 0.2) is 0 Å². The van der Waals surface area contributed by atoms with Crippen LogP contribution in [0.25, 0.3) is 0 Å². The molecule has 0 saturated heterocycles. The Kier molecular flexibility index (Phi) is 4.56. The summed E-state index contributed by atoms with van der Waals surface area (Å²) < 4.78 is 0. The van der Waals surface area contributed by atoms with Crippen LogP contribution in [0.1, 0.15) is 19.4 Å². The van der Waals surface area contributed by atoms with Crippen molar-refractivity contribution in [2.45, 2.75) is 13.8 Å². The van der Waals surface area contributed by atoms with Gasteiger partial charge >= 0.3 is 0 Å². The van der Waals surface area contributed by atoms with Crippen LogP contribution in [-0.2, 0) is 0 Å². The Morgan fingerprint density at radius 2 is 1.85 bits per heavy atom. The van der Waals surface area contributed by atoms with Gasteiger partial charge in [-0.2, -0.15) is 5.26 Å². The summed E-state index contributed by atoms with van der Waals surface area (Å²) in [5, 5.41) is 12.2. The summed E-state index contributed by atoms with van der Waals surface area (Å²) in [6, 6.07) is 13.8. The summed E-state index contributed by atoms with van der Waals surface area (Å²) in [7, 11) is 0. The molecule has 0 radical (unpaired) electrons. The zero-order valence-corrected chi connectivity index (χ0v) is 11.8. The number of anilines is 3. The third-order valence-corrected chi connectivity index (χ3v) is 3.19. The van der Waals surface area contributed by atoms with Crippen LogP contribution in [0.2, 0.25) is 0 Å². The Hall–Kier alpha value is -2.54. The number of pyridine rings is 1. The van der Waals surface area contributed by atoms with Gasteiger partial charge in [0.1, 0.15) is 11.9 Å². The van der Waals surface area contributed by atoms with Gasteiger partial charge in [-0.05, 0) is 50.2 Å². The topological polar surface area (TPSA) is 52.0 Å². The molecule has 2 aromatic rings. The first-order valence-corrected chi connectivity index (χ1v) is 6.75. The molecule has 1 N–H and O–H groups in total. The SMILES string of the molecule is CCN(CC)c1ccc(Nc2ncccc2C#N)cc1. The van der Waals surface area contributed by atoms with E-state index in [1.54, 1.807) is 18.3 Å². The van der Waals surface area contributed by atoms with E-state index >= 15 is 0 Å². The number of nitrogens with zero attached hydrogens (tertiary/aromatic N) is 3. The quantitative estimate of drug-likeness (QED) is 0.899. The molecule has 2 rings (SSSR count). The van der Waals surface area contributed by atoms with E-state index in [0.717, 1.165) is 18.8 Å². The van der Waals surface area contributed by atoms with E-state index in [1.165, 1.54) is 5.69 Å². The van der Waals surface area contributed by atoms with Gasteiger partial charge in [-0.25, -0.2) is 4.98 Å². The number of nitrogens with one attached hydrogen (secondary N) is 1. The number of hydrogen-bond acceptors (Lipinski definition) is 4. The molecule has 0 amide bonds. The summed E-state index contributed by atoms with van der Waals surface area (Å²) >= 11 is 0. The minimum absolute atomic E-state index is 0.542. The summed E-state index contributed by atoms with van der Waals surface area (Å²) in [6.07, 6.45) is 1.67. The molecule has 0 aliphatic heterocycles. The number of hydrogen-bond donors (Lipinski definition) is 1. The smallest absolute Gasteiger partial charge is 0.148 e. The van der Waals surface area contributed by atoms with E-state index in [9.17, 15) is 0 Å². The van der Waals surface area contributed by atoms with E-state index in [4.69, 9.17) is 5.26 Å². The number of benzene rings is 1. The van der Waals surface area contributed by atoms with Crippen LogP contribution in [0.15, 0.2) is 42.6 Å². The van der Waals surface area contributed by atoms with E-state index in [2.05, 4.69) is 47.3 Å². The van der Waals surface area contributed by atoms with Gasteiger partial charge in [0, 0.05) is 30.7 Å². The molecule has 0 aliphatic carbocycles. The summed E-state index contributed by atoms with van der Waals surface area (Å²) in [5.41, 5.74) is 2.67. The van der Waals surface area contributed by atoms with Gasteiger partial charge in [-0.3, -0.25) is 0 Å². The van der Waals surface area contributed by atoms with Crippen molar-refractivity contribution in [2.75, 3.05) is 23.3 Å². The first-order valence-electron chi connectivity index (χ1n) is 6.75. The molecule has 1 heterocycles. The van der Waals surface area contributed by atoms with Crippen molar-refractivity contribution < 1.29 is 0 Å². The Labute approximate surface area is 119 Å². The number of rotatable bonds is 5. The van der Waals surface area contributed by atoms with Gasteiger partial charge in [-0.1, -0.05) is 0 Å². The highest BCUT2D eigenvalue weighted by atomic mass is 15.1. The number of aromatic nitrogens is 1. The van der Waals surface area contributed by atoms with Crippen LogP contribution in [0.3, 0.4) is 0 Å². The molecule has 0 aliphatic rings. The maximum Gasteiger partial charge on any atom is 0.148 e. The van der Waals surface area contributed by atoms with Crippen molar-refractivity contribution in [2.24, 2.45) is 0 Å². The minimum atomic E-state index is 0.542. The van der Waals surface area contributed by atoms with Gasteiger partial charge in [-0.15, -0.1) is 0 Å². The molecule has 4 nitrogen and oxygen atoms in total. The van der Waals surface area contributed by atoms with Gasteiger partial charge < -0.3 is 10.2 Å². The van der Waals surface area contributed by atoms with Crippen molar-refractivity contribution in [1.82, 2.24) is 4.98 Å². The Morgan fingerprint density at radius 1 is 1.15 bits per heavy atom. The lowest BCUT2D eigenvalue weighted by atomic mass is 10.2. The van der Waals surface area contributed by atoms with Crippen LogP contribution in [-0.4, -0.2) is 18.1 Å². The van der Waals surface area contributed by atoms with Crippen molar-refractivity contribution in [3.63, 3.8) is 0 Å². The van der Waals surface area contributed by atoms with Crippen LogP contribution < -0.4 is 10.2 Å². The molecule has 20 heavy (non-hydrogen) atoms. The zero-order valence-electron chi connectivity index (χ0n) is 11.8. The average molecular weight is 266 g/mol.